The first kappa shape index (κ1) is 16.2. The molecule has 3 rings (SSSR count). The molecule has 1 saturated carbocycles. The summed E-state index contributed by atoms with van der Waals surface area (Å²) in [6.45, 7) is 0.471. The van der Waals surface area contributed by atoms with Gasteiger partial charge in [0.05, 0.1) is 18.1 Å². The number of rotatable bonds is 5. The largest absolute Gasteiger partial charge is 0.481 e. The molecular formula is C17H15Cl2NO3. The number of ether oxygens (including phenoxy) is 1. The maximum atomic E-state index is 11.8. The van der Waals surface area contributed by atoms with Crippen LogP contribution in [0.3, 0.4) is 0 Å². The number of aromatic nitrogens is 1. The Bertz CT molecular complexity index is 695. The van der Waals surface area contributed by atoms with Gasteiger partial charge in [-0.2, -0.15) is 0 Å². The maximum absolute atomic E-state index is 11.8. The minimum absolute atomic E-state index is 0.1000. The topological polar surface area (TPSA) is 59.4 Å². The molecule has 1 aromatic carbocycles. The van der Waals surface area contributed by atoms with E-state index in [1.807, 2.05) is 30.3 Å². The second-order valence-corrected chi connectivity index (χ2v) is 6.49. The molecule has 1 aliphatic carbocycles. The quantitative estimate of drug-likeness (QED) is 0.824. The van der Waals surface area contributed by atoms with Crippen molar-refractivity contribution in [1.29, 1.82) is 0 Å². The SMILES string of the molecule is O=C(O)C1(c2cc(Cl)nc(Cl)c2)CC(OCc2ccccc2)C1. The zero-order chi connectivity index (χ0) is 16.4. The molecule has 0 unspecified atom stereocenters. The predicted molar refractivity (Wildman–Crippen MR) is 87.8 cm³/mol. The molecule has 120 valence electrons. The van der Waals surface area contributed by atoms with Crippen molar-refractivity contribution < 1.29 is 14.6 Å². The van der Waals surface area contributed by atoms with Crippen LogP contribution in [0.4, 0.5) is 0 Å². The van der Waals surface area contributed by atoms with Gasteiger partial charge in [0.1, 0.15) is 10.3 Å². The van der Waals surface area contributed by atoms with Crippen molar-refractivity contribution in [3.05, 3.63) is 63.9 Å². The first-order valence-corrected chi connectivity index (χ1v) is 7.98. The average Bonchev–Trinajstić information content (AvgIpc) is 2.45. The van der Waals surface area contributed by atoms with Crippen LogP contribution in [0.5, 0.6) is 0 Å². The monoisotopic (exact) mass is 351 g/mol. The second-order valence-electron chi connectivity index (χ2n) is 5.72. The minimum Gasteiger partial charge on any atom is -0.481 e. The van der Waals surface area contributed by atoms with E-state index >= 15 is 0 Å². The van der Waals surface area contributed by atoms with Crippen molar-refractivity contribution in [3.8, 4) is 0 Å². The zero-order valence-corrected chi connectivity index (χ0v) is 13.7. The van der Waals surface area contributed by atoms with Crippen LogP contribution < -0.4 is 0 Å². The molecule has 1 heterocycles. The lowest BCUT2D eigenvalue weighted by atomic mass is 9.63. The Morgan fingerprint density at radius 1 is 1.22 bits per heavy atom. The van der Waals surface area contributed by atoms with Crippen molar-refractivity contribution in [3.63, 3.8) is 0 Å². The number of carboxylic acids is 1. The Morgan fingerprint density at radius 2 is 1.83 bits per heavy atom. The third-order valence-electron chi connectivity index (χ3n) is 4.21. The number of carboxylic acid groups (broad SMARTS) is 1. The van der Waals surface area contributed by atoms with E-state index in [2.05, 4.69) is 4.98 Å². The molecule has 1 fully saturated rings. The molecule has 1 aliphatic rings. The van der Waals surface area contributed by atoms with Crippen LogP contribution >= 0.6 is 23.2 Å². The van der Waals surface area contributed by atoms with Crippen LogP contribution in [0.1, 0.15) is 24.0 Å². The summed E-state index contributed by atoms with van der Waals surface area (Å²) in [5, 5.41) is 10.1. The Hall–Kier alpha value is -1.62. The standard InChI is InChI=1S/C17H15Cl2NO3/c18-14-6-12(7-15(19)20-14)17(16(21)22)8-13(9-17)23-10-11-4-2-1-3-5-11/h1-7,13H,8-10H2,(H,21,22). The van der Waals surface area contributed by atoms with Gasteiger partial charge >= 0.3 is 5.97 Å². The number of aliphatic carboxylic acids is 1. The van der Waals surface area contributed by atoms with E-state index in [-0.39, 0.29) is 16.4 Å². The number of hydrogen-bond acceptors (Lipinski definition) is 3. The molecular weight excluding hydrogens is 337 g/mol. The molecule has 4 nitrogen and oxygen atoms in total. The fourth-order valence-electron chi connectivity index (χ4n) is 2.90. The zero-order valence-electron chi connectivity index (χ0n) is 12.2. The lowest BCUT2D eigenvalue weighted by Crippen LogP contribution is -2.51. The lowest BCUT2D eigenvalue weighted by molar-refractivity contribution is -0.156. The molecule has 0 aliphatic heterocycles. The molecule has 23 heavy (non-hydrogen) atoms. The summed E-state index contributed by atoms with van der Waals surface area (Å²) in [5.41, 5.74) is 0.641. The Labute approximate surface area is 144 Å². The van der Waals surface area contributed by atoms with Crippen molar-refractivity contribution in [2.24, 2.45) is 0 Å². The van der Waals surface area contributed by atoms with Crippen molar-refractivity contribution in [1.82, 2.24) is 4.98 Å². The number of halogens is 2. The Balaban J connectivity index is 1.70. The lowest BCUT2D eigenvalue weighted by Gasteiger charge is -2.44. The van der Waals surface area contributed by atoms with Gasteiger partial charge in [-0.1, -0.05) is 53.5 Å². The van der Waals surface area contributed by atoms with Gasteiger partial charge in [0.15, 0.2) is 0 Å². The average molecular weight is 352 g/mol. The third-order valence-corrected chi connectivity index (χ3v) is 4.59. The summed E-state index contributed by atoms with van der Waals surface area (Å²) in [4.78, 5) is 15.7. The summed E-state index contributed by atoms with van der Waals surface area (Å²) in [7, 11) is 0. The highest BCUT2D eigenvalue weighted by molar-refractivity contribution is 6.32. The highest BCUT2D eigenvalue weighted by Gasteiger charge is 2.52. The van der Waals surface area contributed by atoms with Gasteiger partial charge in [-0.15, -0.1) is 0 Å². The van der Waals surface area contributed by atoms with Crippen molar-refractivity contribution >= 4 is 29.2 Å². The van der Waals surface area contributed by atoms with Gasteiger partial charge in [-0.3, -0.25) is 4.79 Å². The number of pyridine rings is 1. The highest BCUT2D eigenvalue weighted by Crippen LogP contribution is 2.46. The van der Waals surface area contributed by atoms with E-state index in [4.69, 9.17) is 27.9 Å². The number of benzene rings is 1. The molecule has 1 aromatic heterocycles. The number of hydrogen-bond donors (Lipinski definition) is 1. The Kier molecular flexibility index (Phi) is 4.57. The van der Waals surface area contributed by atoms with E-state index < -0.39 is 11.4 Å². The van der Waals surface area contributed by atoms with Gasteiger partial charge in [-0.05, 0) is 36.1 Å². The van der Waals surface area contributed by atoms with Crippen molar-refractivity contribution in [2.45, 2.75) is 31.0 Å². The first-order chi connectivity index (χ1) is 11.0. The fourth-order valence-corrected chi connectivity index (χ4v) is 3.36. The molecule has 0 saturated heterocycles. The van der Waals surface area contributed by atoms with Gasteiger partial charge in [-0.25, -0.2) is 4.98 Å². The summed E-state index contributed by atoms with van der Waals surface area (Å²) in [5.74, 6) is -0.893. The Morgan fingerprint density at radius 3 is 2.39 bits per heavy atom. The molecule has 6 heteroatoms. The van der Waals surface area contributed by atoms with Crippen LogP contribution in [-0.4, -0.2) is 22.2 Å². The van der Waals surface area contributed by atoms with E-state index in [1.54, 1.807) is 12.1 Å². The summed E-state index contributed by atoms with van der Waals surface area (Å²) in [6, 6.07) is 12.9. The first-order valence-electron chi connectivity index (χ1n) is 7.22. The van der Waals surface area contributed by atoms with Crippen LogP contribution in [0.15, 0.2) is 42.5 Å². The van der Waals surface area contributed by atoms with Crippen LogP contribution in [-0.2, 0) is 21.6 Å². The smallest absolute Gasteiger partial charge is 0.314 e. The fraction of sp³-hybridized carbons (Fsp3) is 0.294. The number of nitrogens with zero attached hydrogens (tertiary/aromatic N) is 1. The second kappa shape index (κ2) is 6.48. The van der Waals surface area contributed by atoms with Crippen molar-refractivity contribution in [2.75, 3.05) is 0 Å². The van der Waals surface area contributed by atoms with E-state index in [0.29, 0.717) is 25.0 Å². The molecule has 0 spiro atoms. The molecule has 0 atom stereocenters. The molecule has 0 radical (unpaired) electrons. The molecule has 0 amide bonds. The minimum atomic E-state index is -1.00. The molecule has 0 bridgehead atoms. The predicted octanol–water partition coefficient (Wildman–Crippen LogP) is 4.09. The van der Waals surface area contributed by atoms with E-state index in [0.717, 1.165) is 5.56 Å². The van der Waals surface area contributed by atoms with Gasteiger partial charge in [0, 0.05) is 0 Å². The summed E-state index contributed by atoms with van der Waals surface area (Å²) < 4.78 is 5.81. The van der Waals surface area contributed by atoms with Crippen LogP contribution in [0.2, 0.25) is 10.3 Å². The third kappa shape index (κ3) is 3.34. The number of carbonyl (C=O) groups is 1. The highest BCUT2D eigenvalue weighted by atomic mass is 35.5. The van der Waals surface area contributed by atoms with Crippen LogP contribution in [0, 0.1) is 0 Å². The van der Waals surface area contributed by atoms with Gasteiger partial charge < -0.3 is 9.84 Å². The maximum Gasteiger partial charge on any atom is 0.314 e. The molecule has 2 aromatic rings. The van der Waals surface area contributed by atoms with Gasteiger partial charge in [0.2, 0.25) is 0 Å². The summed E-state index contributed by atoms with van der Waals surface area (Å²) in [6.07, 6.45) is 0.689. The van der Waals surface area contributed by atoms with E-state index in [9.17, 15) is 9.90 Å². The van der Waals surface area contributed by atoms with Gasteiger partial charge in [0.25, 0.3) is 0 Å². The molecule has 1 N–H and O–H groups in total. The summed E-state index contributed by atoms with van der Waals surface area (Å²) >= 11 is 11.8. The normalized spacial score (nSPS) is 23.3. The van der Waals surface area contributed by atoms with Crippen LogP contribution in [0.25, 0.3) is 0 Å². The van der Waals surface area contributed by atoms with E-state index in [1.165, 1.54) is 0 Å².